The molecule has 130 valence electrons. The van der Waals surface area contributed by atoms with Crippen LogP contribution >= 0.6 is 11.6 Å². The number of benzene rings is 2. The standard InChI is InChI=1S/C19H18ClFN2O2/c20-17-12-14(21)6-7-16(17)19(25)23-10-8-15(9-11-23)22-18(24)13-4-2-1-3-5-13/h1-7,12,15H,8-11H2,(H,22,24). The van der Waals surface area contributed by atoms with E-state index in [1.165, 1.54) is 12.1 Å². The number of halogens is 2. The van der Waals surface area contributed by atoms with Crippen LogP contribution in [0.3, 0.4) is 0 Å². The highest BCUT2D eigenvalue weighted by molar-refractivity contribution is 6.33. The molecule has 1 aliphatic rings. The number of rotatable bonds is 3. The highest BCUT2D eigenvalue weighted by Gasteiger charge is 2.26. The van der Waals surface area contributed by atoms with Crippen LogP contribution in [0.1, 0.15) is 33.6 Å². The largest absolute Gasteiger partial charge is 0.349 e. The fourth-order valence-electron chi connectivity index (χ4n) is 2.92. The van der Waals surface area contributed by atoms with Crippen LogP contribution in [0.15, 0.2) is 48.5 Å². The molecule has 25 heavy (non-hydrogen) atoms. The van der Waals surface area contributed by atoms with Gasteiger partial charge in [0.1, 0.15) is 5.82 Å². The van der Waals surface area contributed by atoms with Crippen molar-refractivity contribution >= 4 is 23.4 Å². The summed E-state index contributed by atoms with van der Waals surface area (Å²) in [5.41, 5.74) is 0.925. The molecular weight excluding hydrogens is 343 g/mol. The van der Waals surface area contributed by atoms with Gasteiger partial charge in [0.05, 0.1) is 10.6 Å². The highest BCUT2D eigenvalue weighted by atomic mass is 35.5. The molecule has 0 aliphatic carbocycles. The van der Waals surface area contributed by atoms with E-state index in [0.717, 1.165) is 6.07 Å². The van der Waals surface area contributed by atoms with Gasteiger partial charge in [0.2, 0.25) is 0 Å². The summed E-state index contributed by atoms with van der Waals surface area (Å²) in [6.07, 6.45) is 1.34. The van der Waals surface area contributed by atoms with Crippen molar-refractivity contribution in [3.63, 3.8) is 0 Å². The maximum absolute atomic E-state index is 13.1. The van der Waals surface area contributed by atoms with Gasteiger partial charge in [0.15, 0.2) is 0 Å². The summed E-state index contributed by atoms with van der Waals surface area (Å²) >= 11 is 5.96. The molecule has 3 rings (SSSR count). The predicted molar refractivity (Wildman–Crippen MR) is 94.2 cm³/mol. The minimum absolute atomic E-state index is 0.0282. The van der Waals surface area contributed by atoms with Crippen LogP contribution in [0.2, 0.25) is 5.02 Å². The first-order chi connectivity index (χ1) is 12.0. The second-order valence-electron chi connectivity index (χ2n) is 6.03. The third-order valence-electron chi connectivity index (χ3n) is 4.31. The summed E-state index contributed by atoms with van der Waals surface area (Å²) in [7, 11) is 0. The average molecular weight is 361 g/mol. The molecular formula is C19H18ClFN2O2. The van der Waals surface area contributed by atoms with E-state index >= 15 is 0 Å². The van der Waals surface area contributed by atoms with E-state index in [4.69, 9.17) is 11.6 Å². The van der Waals surface area contributed by atoms with E-state index in [-0.39, 0.29) is 22.9 Å². The smallest absolute Gasteiger partial charge is 0.255 e. The molecule has 1 N–H and O–H groups in total. The number of hydrogen-bond acceptors (Lipinski definition) is 2. The number of carbonyl (C=O) groups excluding carboxylic acids is 2. The zero-order valence-corrected chi connectivity index (χ0v) is 14.3. The van der Waals surface area contributed by atoms with Gasteiger partial charge < -0.3 is 10.2 Å². The zero-order chi connectivity index (χ0) is 17.8. The molecule has 0 spiro atoms. The van der Waals surface area contributed by atoms with E-state index in [9.17, 15) is 14.0 Å². The average Bonchev–Trinajstić information content (AvgIpc) is 2.62. The van der Waals surface area contributed by atoms with Crippen molar-refractivity contribution < 1.29 is 14.0 Å². The Kier molecular flexibility index (Phi) is 5.34. The topological polar surface area (TPSA) is 49.4 Å². The van der Waals surface area contributed by atoms with Crippen molar-refractivity contribution in [2.75, 3.05) is 13.1 Å². The number of nitrogens with one attached hydrogen (secondary N) is 1. The van der Waals surface area contributed by atoms with E-state index in [1.54, 1.807) is 17.0 Å². The quantitative estimate of drug-likeness (QED) is 0.910. The Labute approximate surface area is 150 Å². The summed E-state index contributed by atoms with van der Waals surface area (Å²) in [5, 5.41) is 3.12. The van der Waals surface area contributed by atoms with Crippen LogP contribution < -0.4 is 5.32 Å². The second kappa shape index (κ2) is 7.66. The summed E-state index contributed by atoms with van der Waals surface area (Å²) < 4.78 is 13.1. The molecule has 6 heteroatoms. The van der Waals surface area contributed by atoms with Crippen LogP contribution in [-0.2, 0) is 0 Å². The molecule has 0 unspecified atom stereocenters. The first kappa shape index (κ1) is 17.4. The van der Waals surface area contributed by atoms with Crippen molar-refractivity contribution in [2.45, 2.75) is 18.9 Å². The lowest BCUT2D eigenvalue weighted by molar-refractivity contribution is 0.0698. The number of carbonyl (C=O) groups is 2. The van der Waals surface area contributed by atoms with Crippen molar-refractivity contribution in [2.24, 2.45) is 0 Å². The van der Waals surface area contributed by atoms with Gasteiger partial charge in [-0.15, -0.1) is 0 Å². The van der Waals surface area contributed by atoms with Gasteiger partial charge in [-0.2, -0.15) is 0 Å². The van der Waals surface area contributed by atoms with Crippen LogP contribution in [0.5, 0.6) is 0 Å². The molecule has 0 bridgehead atoms. The Morgan fingerprint density at radius 2 is 1.76 bits per heavy atom. The Balaban J connectivity index is 1.56. The Hall–Kier alpha value is -2.40. The third-order valence-corrected chi connectivity index (χ3v) is 4.63. The summed E-state index contributed by atoms with van der Waals surface area (Å²) in [6.45, 7) is 1.04. The van der Waals surface area contributed by atoms with E-state index in [1.807, 2.05) is 18.2 Å². The van der Waals surface area contributed by atoms with Crippen molar-refractivity contribution in [1.29, 1.82) is 0 Å². The highest BCUT2D eigenvalue weighted by Crippen LogP contribution is 2.21. The summed E-state index contributed by atoms with van der Waals surface area (Å²) in [5.74, 6) is -0.784. The fourth-order valence-corrected chi connectivity index (χ4v) is 3.17. The maximum Gasteiger partial charge on any atom is 0.255 e. The molecule has 0 radical (unpaired) electrons. The maximum atomic E-state index is 13.1. The Morgan fingerprint density at radius 1 is 1.08 bits per heavy atom. The third kappa shape index (κ3) is 4.17. The van der Waals surface area contributed by atoms with Crippen molar-refractivity contribution in [3.8, 4) is 0 Å². The van der Waals surface area contributed by atoms with Gasteiger partial charge >= 0.3 is 0 Å². The van der Waals surface area contributed by atoms with Gasteiger partial charge in [-0.3, -0.25) is 9.59 Å². The summed E-state index contributed by atoms with van der Waals surface area (Å²) in [6, 6.07) is 12.8. The lowest BCUT2D eigenvalue weighted by atomic mass is 10.0. The monoisotopic (exact) mass is 360 g/mol. The molecule has 2 aromatic carbocycles. The predicted octanol–water partition coefficient (Wildman–Crippen LogP) is 3.51. The number of hydrogen-bond donors (Lipinski definition) is 1. The van der Waals surface area contributed by atoms with E-state index in [2.05, 4.69) is 5.32 Å². The molecule has 1 fully saturated rings. The summed E-state index contributed by atoms with van der Waals surface area (Å²) in [4.78, 5) is 26.4. The van der Waals surface area contributed by atoms with Gasteiger partial charge in [0.25, 0.3) is 11.8 Å². The lowest BCUT2D eigenvalue weighted by Crippen LogP contribution is -2.46. The molecule has 1 aliphatic heterocycles. The van der Waals surface area contributed by atoms with E-state index in [0.29, 0.717) is 37.1 Å². The van der Waals surface area contributed by atoms with Crippen LogP contribution in [0, 0.1) is 5.82 Å². The molecule has 0 aromatic heterocycles. The van der Waals surface area contributed by atoms with Crippen LogP contribution in [0.25, 0.3) is 0 Å². The minimum Gasteiger partial charge on any atom is -0.349 e. The molecule has 2 aromatic rings. The number of nitrogens with zero attached hydrogens (tertiary/aromatic N) is 1. The molecule has 1 saturated heterocycles. The van der Waals surface area contributed by atoms with Gasteiger partial charge in [-0.1, -0.05) is 29.8 Å². The van der Waals surface area contributed by atoms with Crippen molar-refractivity contribution in [3.05, 3.63) is 70.5 Å². The number of amides is 2. The molecule has 2 amide bonds. The molecule has 0 atom stereocenters. The number of piperidine rings is 1. The van der Waals surface area contributed by atoms with Crippen LogP contribution in [0.4, 0.5) is 4.39 Å². The lowest BCUT2D eigenvalue weighted by Gasteiger charge is -2.32. The Bertz CT molecular complexity index is 774. The van der Waals surface area contributed by atoms with Crippen LogP contribution in [-0.4, -0.2) is 35.8 Å². The van der Waals surface area contributed by atoms with Gasteiger partial charge in [0, 0.05) is 24.7 Å². The SMILES string of the molecule is O=C(NC1CCN(C(=O)c2ccc(F)cc2Cl)CC1)c1ccccc1. The van der Waals surface area contributed by atoms with Gasteiger partial charge in [-0.05, 0) is 43.2 Å². The normalized spacial score (nSPS) is 15.0. The molecule has 0 saturated carbocycles. The Morgan fingerprint density at radius 3 is 2.40 bits per heavy atom. The molecule has 1 heterocycles. The van der Waals surface area contributed by atoms with E-state index < -0.39 is 5.82 Å². The van der Waals surface area contributed by atoms with Gasteiger partial charge in [-0.25, -0.2) is 4.39 Å². The number of likely N-dealkylation sites (tertiary alicyclic amines) is 1. The zero-order valence-electron chi connectivity index (χ0n) is 13.5. The fraction of sp³-hybridized carbons (Fsp3) is 0.263. The molecule has 4 nitrogen and oxygen atoms in total. The first-order valence-corrected chi connectivity index (χ1v) is 8.52. The van der Waals surface area contributed by atoms with Crippen molar-refractivity contribution in [1.82, 2.24) is 10.2 Å². The second-order valence-corrected chi connectivity index (χ2v) is 6.44. The minimum atomic E-state index is -0.469. The first-order valence-electron chi connectivity index (χ1n) is 8.15.